The number of rotatable bonds is 6. The standard InChI is InChI=1S/C28H40FN5O2/c1-19-14-22(33-27(35)36-28(2,3)4)18-34(17-19)25-12-13-30-16-24(25)31-15-21-10-11-23(29)26(32-21)20-8-6-5-7-9-20/h10-13,16,19-20,22,31H,5-9,14-15,17-18H2,1-4H3,(H,33,35)/t19-,22+/m1/s1. The number of aromatic nitrogens is 2. The molecule has 1 aliphatic carbocycles. The summed E-state index contributed by atoms with van der Waals surface area (Å²) in [6.45, 7) is 9.85. The van der Waals surface area contributed by atoms with Crippen LogP contribution in [-0.4, -0.2) is 40.8 Å². The van der Waals surface area contributed by atoms with Crippen LogP contribution in [0.2, 0.25) is 0 Å². The van der Waals surface area contributed by atoms with Crippen LogP contribution in [0.25, 0.3) is 0 Å². The van der Waals surface area contributed by atoms with Crippen LogP contribution < -0.4 is 15.5 Å². The Morgan fingerprint density at radius 3 is 2.69 bits per heavy atom. The second-order valence-corrected chi connectivity index (χ2v) is 11.3. The number of piperidine rings is 1. The van der Waals surface area contributed by atoms with E-state index in [2.05, 4.69) is 27.4 Å². The van der Waals surface area contributed by atoms with Crippen LogP contribution in [0.5, 0.6) is 0 Å². The largest absolute Gasteiger partial charge is 0.444 e. The number of anilines is 2. The van der Waals surface area contributed by atoms with E-state index in [0.29, 0.717) is 24.7 Å². The molecule has 2 fully saturated rings. The van der Waals surface area contributed by atoms with E-state index in [-0.39, 0.29) is 23.9 Å². The molecule has 0 radical (unpaired) electrons. The second kappa shape index (κ2) is 11.4. The van der Waals surface area contributed by atoms with Gasteiger partial charge in [-0.05, 0) is 64.2 Å². The minimum absolute atomic E-state index is 0.0126. The summed E-state index contributed by atoms with van der Waals surface area (Å²) in [6.07, 6.45) is 9.66. The normalized spacial score (nSPS) is 21.2. The summed E-state index contributed by atoms with van der Waals surface area (Å²) >= 11 is 0. The summed E-state index contributed by atoms with van der Waals surface area (Å²) < 4.78 is 20.0. The number of amides is 1. The van der Waals surface area contributed by atoms with Crippen LogP contribution in [0, 0.1) is 11.7 Å². The van der Waals surface area contributed by atoms with E-state index in [9.17, 15) is 9.18 Å². The Morgan fingerprint density at radius 2 is 1.94 bits per heavy atom. The maximum absolute atomic E-state index is 14.5. The van der Waals surface area contributed by atoms with Gasteiger partial charge in [0.25, 0.3) is 0 Å². The summed E-state index contributed by atoms with van der Waals surface area (Å²) in [5, 5.41) is 6.52. The van der Waals surface area contributed by atoms with E-state index < -0.39 is 5.60 Å². The molecule has 8 heteroatoms. The highest BCUT2D eigenvalue weighted by molar-refractivity contribution is 5.70. The molecule has 1 amide bonds. The van der Waals surface area contributed by atoms with Gasteiger partial charge in [0.05, 0.1) is 35.5 Å². The molecule has 0 aromatic carbocycles. The van der Waals surface area contributed by atoms with Crippen molar-refractivity contribution in [1.82, 2.24) is 15.3 Å². The van der Waals surface area contributed by atoms with Gasteiger partial charge >= 0.3 is 6.09 Å². The summed E-state index contributed by atoms with van der Waals surface area (Å²) in [7, 11) is 0. The Hall–Kier alpha value is -2.90. The van der Waals surface area contributed by atoms with Crippen molar-refractivity contribution >= 4 is 17.5 Å². The average Bonchev–Trinajstić information content (AvgIpc) is 2.82. The van der Waals surface area contributed by atoms with Crippen molar-refractivity contribution in [3.8, 4) is 0 Å². The van der Waals surface area contributed by atoms with Gasteiger partial charge in [-0.15, -0.1) is 0 Å². The molecule has 0 spiro atoms. The molecule has 1 aliphatic heterocycles. The predicted molar refractivity (Wildman–Crippen MR) is 141 cm³/mol. The fourth-order valence-electron chi connectivity index (χ4n) is 5.37. The predicted octanol–water partition coefficient (Wildman–Crippen LogP) is 6.02. The third-order valence-corrected chi connectivity index (χ3v) is 6.90. The first kappa shape index (κ1) is 26.2. The van der Waals surface area contributed by atoms with Crippen molar-refractivity contribution in [3.63, 3.8) is 0 Å². The van der Waals surface area contributed by atoms with Gasteiger partial charge in [0.15, 0.2) is 0 Å². The molecule has 1 saturated heterocycles. The van der Waals surface area contributed by atoms with Crippen LogP contribution in [0.15, 0.2) is 30.6 Å². The minimum atomic E-state index is -0.530. The lowest BCUT2D eigenvalue weighted by Gasteiger charge is -2.39. The van der Waals surface area contributed by atoms with Gasteiger partial charge in [-0.1, -0.05) is 26.2 Å². The molecule has 196 valence electrons. The van der Waals surface area contributed by atoms with Crippen LogP contribution in [0.1, 0.15) is 83.5 Å². The lowest BCUT2D eigenvalue weighted by Crippen LogP contribution is -2.51. The zero-order valence-corrected chi connectivity index (χ0v) is 22.0. The number of hydrogen-bond donors (Lipinski definition) is 2. The van der Waals surface area contributed by atoms with Gasteiger partial charge < -0.3 is 20.3 Å². The highest BCUT2D eigenvalue weighted by Crippen LogP contribution is 2.33. The van der Waals surface area contributed by atoms with Crippen LogP contribution in [-0.2, 0) is 11.3 Å². The summed E-state index contributed by atoms with van der Waals surface area (Å²) in [6, 6.07) is 5.30. The monoisotopic (exact) mass is 497 g/mol. The summed E-state index contributed by atoms with van der Waals surface area (Å²) in [5.74, 6) is 0.423. The van der Waals surface area contributed by atoms with E-state index in [1.807, 2.05) is 33.0 Å². The Balaban J connectivity index is 1.44. The molecule has 36 heavy (non-hydrogen) atoms. The lowest BCUT2D eigenvalue weighted by molar-refractivity contribution is 0.0495. The van der Waals surface area contributed by atoms with Crippen molar-refractivity contribution < 1.29 is 13.9 Å². The molecule has 2 atom stereocenters. The molecule has 3 heterocycles. The van der Waals surface area contributed by atoms with Gasteiger partial charge in [-0.25, -0.2) is 9.18 Å². The second-order valence-electron chi connectivity index (χ2n) is 11.3. The number of ether oxygens (including phenoxy) is 1. The topological polar surface area (TPSA) is 79.4 Å². The molecule has 2 aromatic heterocycles. The highest BCUT2D eigenvalue weighted by Gasteiger charge is 2.29. The van der Waals surface area contributed by atoms with E-state index >= 15 is 0 Å². The Labute approximate surface area is 214 Å². The van der Waals surface area contributed by atoms with Crippen molar-refractivity contribution in [2.45, 2.75) is 90.3 Å². The van der Waals surface area contributed by atoms with E-state index in [4.69, 9.17) is 9.72 Å². The Kier molecular flexibility index (Phi) is 8.32. The van der Waals surface area contributed by atoms with E-state index in [0.717, 1.165) is 55.7 Å². The van der Waals surface area contributed by atoms with E-state index in [1.165, 1.54) is 6.42 Å². The molecule has 1 saturated carbocycles. The maximum Gasteiger partial charge on any atom is 0.407 e. The van der Waals surface area contributed by atoms with Crippen LogP contribution in [0.3, 0.4) is 0 Å². The number of nitrogens with zero attached hydrogens (tertiary/aromatic N) is 3. The highest BCUT2D eigenvalue weighted by atomic mass is 19.1. The van der Waals surface area contributed by atoms with Gasteiger partial charge in [0, 0.05) is 31.2 Å². The number of hydrogen-bond acceptors (Lipinski definition) is 6. The van der Waals surface area contributed by atoms with E-state index in [1.54, 1.807) is 18.3 Å². The Morgan fingerprint density at radius 1 is 1.17 bits per heavy atom. The molecule has 0 bridgehead atoms. The van der Waals surface area contributed by atoms with Crippen molar-refractivity contribution in [1.29, 1.82) is 0 Å². The quantitative estimate of drug-likeness (QED) is 0.508. The Bertz CT molecular complexity index is 1030. The number of alkyl carbamates (subject to hydrolysis) is 1. The fourth-order valence-corrected chi connectivity index (χ4v) is 5.37. The zero-order chi connectivity index (χ0) is 25.7. The van der Waals surface area contributed by atoms with Gasteiger partial charge in [0.1, 0.15) is 11.4 Å². The number of pyridine rings is 2. The zero-order valence-electron chi connectivity index (χ0n) is 22.0. The van der Waals surface area contributed by atoms with Crippen molar-refractivity contribution in [3.05, 3.63) is 47.8 Å². The molecule has 0 unspecified atom stereocenters. The van der Waals surface area contributed by atoms with Crippen molar-refractivity contribution in [2.24, 2.45) is 5.92 Å². The minimum Gasteiger partial charge on any atom is -0.444 e. The molecule has 7 nitrogen and oxygen atoms in total. The average molecular weight is 498 g/mol. The van der Waals surface area contributed by atoms with Gasteiger partial charge in [-0.2, -0.15) is 0 Å². The fraction of sp³-hybridized carbons (Fsp3) is 0.607. The molecule has 4 rings (SSSR count). The van der Waals surface area contributed by atoms with Crippen molar-refractivity contribution in [2.75, 3.05) is 23.3 Å². The lowest BCUT2D eigenvalue weighted by atomic mass is 9.86. The number of halogens is 1. The first-order valence-electron chi connectivity index (χ1n) is 13.3. The molecule has 2 aromatic rings. The molecule has 2 aliphatic rings. The first-order chi connectivity index (χ1) is 17.2. The number of nitrogens with one attached hydrogen (secondary N) is 2. The molecule has 2 N–H and O–H groups in total. The first-order valence-corrected chi connectivity index (χ1v) is 13.3. The molecular weight excluding hydrogens is 457 g/mol. The summed E-state index contributed by atoms with van der Waals surface area (Å²) in [4.78, 5) is 23.7. The van der Waals surface area contributed by atoms with Gasteiger partial charge in [-0.3, -0.25) is 9.97 Å². The number of carbonyl (C=O) groups excluding carboxylic acids is 1. The SMILES string of the molecule is C[C@@H]1C[C@H](NC(=O)OC(C)(C)C)CN(c2ccncc2NCc2ccc(F)c(C3CCCCC3)n2)C1. The smallest absolute Gasteiger partial charge is 0.407 e. The third kappa shape index (κ3) is 7.08. The van der Waals surface area contributed by atoms with Crippen LogP contribution >= 0.6 is 0 Å². The van der Waals surface area contributed by atoms with Gasteiger partial charge in [0.2, 0.25) is 0 Å². The number of carbonyl (C=O) groups is 1. The summed E-state index contributed by atoms with van der Waals surface area (Å²) in [5.41, 5.74) is 2.83. The van der Waals surface area contributed by atoms with Crippen LogP contribution in [0.4, 0.5) is 20.6 Å². The molecular formula is C28H40FN5O2. The maximum atomic E-state index is 14.5. The third-order valence-electron chi connectivity index (χ3n) is 6.90.